The van der Waals surface area contributed by atoms with Crippen molar-refractivity contribution in [3.63, 3.8) is 0 Å². The van der Waals surface area contributed by atoms with Gasteiger partial charge in [-0.3, -0.25) is 4.79 Å². The fraction of sp³-hybridized carbons (Fsp3) is 0.250. The number of para-hydroxylation sites is 1. The van der Waals surface area contributed by atoms with Crippen molar-refractivity contribution in [1.82, 2.24) is 10.3 Å². The van der Waals surface area contributed by atoms with Gasteiger partial charge in [0.05, 0.1) is 10.7 Å². The van der Waals surface area contributed by atoms with Crippen LogP contribution in [0.3, 0.4) is 0 Å². The van der Waals surface area contributed by atoms with Gasteiger partial charge in [0.1, 0.15) is 12.4 Å². The van der Waals surface area contributed by atoms with Crippen molar-refractivity contribution in [2.24, 2.45) is 0 Å². The number of nitrogens with one attached hydrogen (secondary N) is 1. The highest BCUT2D eigenvalue weighted by Gasteiger charge is 2.19. The van der Waals surface area contributed by atoms with Gasteiger partial charge in [0.25, 0.3) is 0 Å². The Bertz CT molecular complexity index is 1020. The summed E-state index contributed by atoms with van der Waals surface area (Å²) in [5.41, 5.74) is 4.53. The maximum absolute atomic E-state index is 12.4. The highest BCUT2D eigenvalue weighted by atomic mass is 32.1. The Hall–Kier alpha value is -2.92. The number of amides is 1. The summed E-state index contributed by atoms with van der Waals surface area (Å²) >= 11 is 1.61. The molecule has 4 rings (SSSR count). The summed E-state index contributed by atoms with van der Waals surface area (Å²) in [5.74, 6) is 0.674. The molecule has 1 aliphatic rings. The quantitative estimate of drug-likeness (QED) is 0.605. The molecule has 0 saturated carbocycles. The number of thiazole rings is 1. The second kappa shape index (κ2) is 9.05. The number of rotatable bonds is 6. The van der Waals surface area contributed by atoms with Crippen LogP contribution in [0.1, 0.15) is 33.8 Å². The summed E-state index contributed by atoms with van der Waals surface area (Å²) in [5, 5.41) is 6.17. The third-order valence-electron chi connectivity index (χ3n) is 5.07. The van der Waals surface area contributed by atoms with Gasteiger partial charge in [-0.15, -0.1) is 11.3 Å². The van der Waals surface area contributed by atoms with E-state index in [1.807, 2.05) is 42.6 Å². The molecule has 0 aliphatic heterocycles. The van der Waals surface area contributed by atoms with E-state index in [0.717, 1.165) is 41.3 Å². The minimum atomic E-state index is -0.0701. The maximum Gasteiger partial charge on any atom is 0.244 e. The van der Waals surface area contributed by atoms with E-state index in [2.05, 4.69) is 34.6 Å². The number of hydrogen-bond acceptors (Lipinski definition) is 4. The summed E-state index contributed by atoms with van der Waals surface area (Å²) in [6, 6.07) is 16.4. The second-order valence-corrected chi connectivity index (χ2v) is 8.30. The highest BCUT2D eigenvalue weighted by Crippen LogP contribution is 2.22. The highest BCUT2D eigenvalue weighted by molar-refractivity contribution is 7.09. The van der Waals surface area contributed by atoms with Crippen molar-refractivity contribution < 1.29 is 9.53 Å². The third-order valence-corrected chi connectivity index (χ3v) is 5.89. The van der Waals surface area contributed by atoms with Crippen LogP contribution in [0.5, 0.6) is 5.75 Å². The van der Waals surface area contributed by atoms with Crippen LogP contribution < -0.4 is 10.1 Å². The Morgan fingerprint density at radius 3 is 2.83 bits per heavy atom. The molecule has 5 heteroatoms. The molecule has 0 bridgehead atoms. The first kappa shape index (κ1) is 19.4. The normalized spacial score (nSPS) is 15.8. The molecule has 1 aromatic heterocycles. The zero-order valence-corrected chi connectivity index (χ0v) is 17.2. The lowest BCUT2D eigenvalue weighted by atomic mass is 9.88. The van der Waals surface area contributed by atoms with E-state index < -0.39 is 0 Å². The molecule has 1 aliphatic carbocycles. The number of aromatic nitrogens is 1. The zero-order valence-electron chi connectivity index (χ0n) is 16.4. The fourth-order valence-electron chi connectivity index (χ4n) is 3.61. The van der Waals surface area contributed by atoms with Crippen molar-refractivity contribution >= 4 is 23.3 Å². The number of benzene rings is 2. The summed E-state index contributed by atoms with van der Waals surface area (Å²) in [4.78, 5) is 16.9. The molecule has 1 heterocycles. The fourth-order valence-corrected chi connectivity index (χ4v) is 4.21. The molecule has 1 amide bonds. The van der Waals surface area contributed by atoms with Crippen molar-refractivity contribution in [3.8, 4) is 5.75 Å². The number of carbonyl (C=O) groups is 1. The zero-order chi connectivity index (χ0) is 20.1. The van der Waals surface area contributed by atoms with Gasteiger partial charge < -0.3 is 10.1 Å². The minimum absolute atomic E-state index is 0.0701. The number of nitrogens with zero attached hydrogens (tertiary/aromatic N) is 1. The van der Waals surface area contributed by atoms with Gasteiger partial charge in [-0.05, 0) is 49.5 Å². The van der Waals surface area contributed by atoms with Crippen LogP contribution in [0.4, 0.5) is 0 Å². The topological polar surface area (TPSA) is 51.2 Å². The average Bonchev–Trinajstić information content (AvgIpc) is 3.16. The smallest absolute Gasteiger partial charge is 0.244 e. The molecule has 3 aromatic rings. The summed E-state index contributed by atoms with van der Waals surface area (Å²) in [6.07, 6.45) is 6.28. The van der Waals surface area contributed by atoms with E-state index in [1.54, 1.807) is 17.4 Å². The molecule has 0 saturated heterocycles. The summed E-state index contributed by atoms with van der Waals surface area (Å²) in [7, 11) is 0. The van der Waals surface area contributed by atoms with Crippen LogP contribution in [-0.2, 0) is 24.2 Å². The van der Waals surface area contributed by atoms with E-state index in [0.29, 0.717) is 6.61 Å². The Morgan fingerprint density at radius 1 is 1.21 bits per heavy atom. The van der Waals surface area contributed by atoms with Gasteiger partial charge in [-0.25, -0.2) is 4.98 Å². The van der Waals surface area contributed by atoms with E-state index in [9.17, 15) is 4.79 Å². The average molecular weight is 405 g/mol. The van der Waals surface area contributed by atoms with Gasteiger partial charge in [-0.2, -0.15) is 0 Å². The van der Waals surface area contributed by atoms with E-state index in [4.69, 9.17) is 4.74 Å². The van der Waals surface area contributed by atoms with Crippen LogP contribution in [0.2, 0.25) is 0 Å². The molecule has 1 atom stereocenters. The Kier molecular flexibility index (Phi) is 6.06. The standard InChI is InChI=1S/C24H24N2O2S/c1-17-25-22(16-29-17)15-28-23-9-5-4-7-19(23)11-13-24(27)26-21-12-10-18-6-2-3-8-20(18)14-21/h2-9,11,13,16,21H,10,12,14-15H2,1H3,(H,26,27)/b13-11+. The molecule has 2 aromatic carbocycles. The Labute approximate surface area is 175 Å². The van der Waals surface area contributed by atoms with Crippen LogP contribution in [0.15, 0.2) is 60.0 Å². The summed E-state index contributed by atoms with van der Waals surface area (Å²) < 4.78 is 5.92. The monoisotopic (exact) mass is 404 g/mol. The Balaban J connectivity index is 1.36. The number of ether oxygens (including phenoxy) is 1. The number of fused-ring (bicyclic) bond motifs is 1. The van der Waals surface area contributed by atoms with Crippen molar-refractivity contribution in [2.75, 3.05) is 0 Å². The molecular weight excluding hydrogens is 380 g/mol. The number of hydrogen-bond donors (Lipinski definition) is 1. The molecule has 1 N–H and O–H groups in total. The largest absolute Gasteiger partial charge is 0.487 e. The van der Waals surface area contributed by atoms with E-state index >= 15 is 0 Å². The number of aryl methyl sites for hydroxylation is 2. The maximum atomic E-state index is 12.4. The predicted molar refractivity (Wildman–Crippen MR) is 117 cm³/mol. The first-order valence-corrected chi connectivity index (χ1v) is 10.7. The SMILES string of the molecule is Cc1nc(COc2ccccc2/C=C/C(=O)NC2CCc3ccccc3C2)cs1. The minimum Gasteiger partial charge on any atom is -0.487 e. The van der Waals surface area contributed by atoms with Crippen molar-refractivity contribution in [2.45, 2.75) is 38.8 Å². The third kappa shape index (κ3) is 5.12. The lowest BCUT2D eigenvalue weighted by molar-refractivity contribution is -0.117. The van der Waals surface area contributed by atoms with E-state index in [1.165, 1.54) is 11.1 Å². The lowest BCUT2D eigenvalue weighted by Crippen LogP contribution is -2.37. The van der Waals surface area contributed by atoms with Crippen LogP contribution in [0, 0.1) is 6.92 Å². The second-order valence-electron chi connectivity index (χ2n) is 7.23. The van der Waals surface area contributed by atoms with Crippen LogP contribution in [-0.4, -0.2) is 16.9 Å². The van der Waals surface area contributed by atoms with Gasteiger partial charge in [0, 0.05) is 23.1 Å². The molecule has 0 radical (unpaired) electrons. The van der Waals surface area contributed by atoms with Crippen molar-refractivity contribution in [1.29, 1.82) is 0 Å². The molecule has 0 fully saturated rings. The molecule has 1 unspecified atom stereocenters. The predicted octanol–water partition coefficient (Wildman–Crippen LogP) is 4.72. The molecule has 29 heavy (non-hydrogen) atoms. The van der Waals surface area contributed by atoms with Gasteiger partial charge in [-0.1, -0.05) is 42.5 Å². The molecule has 148 valence electrons. The first-order valence-electron chi connectivity index (χ1n) is 9.85. The van der Waals surface area contributed by atoms with Crippen LogP contribution >= 0.6 is 11.3 Å². The lowest BCUT2D eigenvalue weighted by Gasteiger charge is -2.25. The van der Waals surface area contributed by atoms with Crippen LogP contribution in [0.25, 0.3) is 6.08 Å². The van der Waals surface area contributed by atoms with Gasteiger partial charge in [0.15, 0.2) is 0 Å². The van der Waals surface area contributed by atoms with E-state index in [-0.39, 0.29) is 11.9 Å². The van der Waals surface area contributed by atoms with Gasteiger partial charge in [0.2, 0.25) is 5.91 Å². The van der Waals surface area contributed by atoms with Gasteiger partial charge >= 0.3 is 0 Å². The molecular formula is C24H24N2O2S. The van der Waals surface area contributed by atoms with Crippen molar-refractivity contribution in [3.05, 3.63) is 87.4 Å². The molecule has 0 spiro atoms. The number of carbonyl (C=O) groups excluding carboxylic acids is 1. The first-order chi connectivity index (χ1) is 14.2. The Morgan fingerprint density at radius 2 is 2.00 bits per heavy atom. The summed E-state index contributed by atoms with van der Waals surface area (Å²) in [6.45, 7) is 2.40. The molecule has 4 nitrogen and oxygen atoms in total.